The molecule has 4 N–H and O–H groups in total. The third-order valence-electron chi connectivity index (χ3n) is 5.93. The van der Waals surface area contributed by atoms with E-state index in [4.69, 9.17) is 4.74 Å². The number of aliphatic hydroxyl groups is 2. The summed E-state index contributed by atoms with van der Waals surface area (Å²) in [7, 11) is -2.95. The first-order valence-electron chi connectivity index (χ1n) is 10.9. The van der Waals surface area contributed by atoms with Crippen LogP contribution in [0.3, 0.4) is 0 Å². The van der Waals surface area contributed by atoms with Crippen molar-refractivity contribution in [2.45, 2.75) is 63.6 Å². The van der Waals surface area contributed by atoms with E-state index in [0.717, 1.165) is 25.7 Å². The first-order valence-corrected chi connectivity index (χ1v) is 13.2. The number of unbranched alkanes of at least 4 members (excludes halogenated alkanes) is 3. The van der Waals surface area contributed by atoms with Gasteiger partial charge in [0, 0.05) is 25.2 Å². The summed E-state index contributed by atoms with van der Waals surface area (Å²) in [6, 6.07) is 6.02. The van der Waals surface area contributed by atoms with Crippen molar-refractivity contribution in [1.82, 2.24) is 0 Å². The zero-order valence-corrected chi connectivity index (χ0v) is 19.0. The summed E-state index contributed by atoms with van der Waals surface area (Å²) < 4.78 is 30.3. The molecule has 2 rings (SSSR count). The van der Waals surface area contributed by atoms with Crippen molar-refractivity contribution in [2.24, 2.45) is 17.0 Å². The maximum absolute atomic E-state index is 13.6. The van der Waals surface area contributed by atoms with Gasteiger partial charge in [-0.2, -0.15) is 0 Å². The highest BCUT2D eigenvalue weighted by molar-refractivity contribution is 7.57. The van der Waals surface area contributed by atoms with Crippen molar-refractivity contribution >= 4 is 13.1 Å². The van der Waals surface area contributed by atoms with Gasteiger partial charge in [0.25, 0.3) is 0 Å². The Labute approximate surface area is 183 Å². The zero-order chi connectivity index (χ0) is 22.9. The van der Waals surface area contributed by atoms with Gasteiger partial charge in [-0.1, -0.05) is 36.6 Å². The van der Waals surface area contributed by atoms with Gasteiger partial charge in [0.2, 0.25) is 0 Å². The molecular weight excluding hydrogens is 424 g/mol. The molecule has 1 aliphatic rings. The SMILES string of the molecule is CP(=O)(O)CCCCCC[C@H]1C(O)C/C(=N/O)[C@@H]1CCC(O)COc1ccccc1F. The maximum atomic E-state index is 13.6. The molecule has 0 saturated heterocycles. The number of benzene rings is 1. The Balaban J connectivity index is 1.78. The van der Waals surface area contributed by atoms with Gasteiger partial charge in [0.1, 0.15) is 6.61 Å². The highest BCUT2D eigenvalue weighted by atomic mass is 31.2. The summed E-state index contributed by atoms with van der Waals surface area (Å²) >= 11 is 0. The molecule has 1 saturated carbocycles. The lowest BCUT2D eigenvalue weighted by molar-refractivity contribution is 0.0801. The van der Waals surface area contributed by atoms with Crippen LogP contribution in [0.4, 0.5) is 4.39 Å². The third-order valence-corrected chi connectivity index (χ3v) is 7.07. The van der Waals surface area contributed by atoms with E-state index in [1.54, 1.807) is 12.1 Å². The normalized spacial score (nSPS) is 25.5. The molecule has 5 atom stereocenters. The second kappa shape index (κ2) is 12.5. The molecule has 0 radical (unpaired) electrons. The molecule has 176 valence electrons. The van der Waals surface area contributed by atoms with Crippen LogP contribution >= 0.6 is 7.37 Å². The average molecular weight is 459 g/mol. The monoisotopic (exact) mass is 459 g/mol. The van der Waals surface area contributed by atoms with Gasteiger partial charge >= 0.3 is 0 Å². The molecule has 1 aliphatic carbocycles. The summed E-state index contributed by atoms with van der Waals surface area (Å²) in [5.74, 6) is -0.574. The molecule has 0 aromatic heterocycles. The predicted molar refractivity (Wildman–Crippen MR) is 118 cm³/mol. The number of rotatable bonds is 13. The molecule has 1 aromatic carbocycles. The van der Waals surface area contributed by atoms with E-state index in [0.29, 0.717) is 37.6 Å². The third kappa shape index (κ3) is 8.89. The quantitative estimate of drug-likeness (QED) is 0.153. The lowest BCUT2D eigenvalue weighted by Crippen LogP contribution is -2.24. The van der Waals surface area contributed by atoms with Crippen LogP contribution in [0.15, 0.2) is 29.4 Å². The summed E-state index contributed by atoms with van der Waals surface area (Å²) in [6.07, 6.45) is 4.27. The second-order valence-electron chi connectivity index (χ2n) is 8.58. The van der Waals surface area contributed by atoms with Crippen molar-refractivity contribution in [1.29, 1.82) is 0 Å². The molecule has 0 heterocycles. The number of nitrogens with zero attached hydrogens (tertiary/aromatic N) is 1. The smallest absolute Gasteiger partial charge is 0.197 e. The summed E-state index contributed by atoms with van der Waals surface area (Å²) in [5.41, 5.74) is 0.548. The van der Waals surface area contributed by atoms with Crippen LogP contribution in [-0.2, 0) is 4.57 Å². The van der Waals surface area contributed by atoms with Crippen LogP contribution in [0.25, 0.3) is 0 Å². The maximum Gasteiger partial charge on any atom is 0.197 e. The number of oxime groups is 1. The second-order valence-corrected chi connectivity index (χ2v) is 11.1. The highest BCUT2D eigenvalue weighted by Crippen LogP contribution is 2.38. The fourth-order valence-corrected chi connectivity index (χ4v) is 5.07. The minimum absolute atomic E-state index is 0.0430. The lowest BCUT2D eigenvalue weighted by atomic mass is 9.85. The number of para-hydroxylation sites is 1. The Morgan fingerprint density at radius 2 is 1.94 bits per heavy atom. The van der Waals surface area contributed by atoms with Crippen molar-refractivity contribution in [3.05, 3.63) is 30.1 Å². The van der Waals surface area contributed by atoms with Crippen LogP contribution in [0.2, 0.25) is 0 Å². The van der Waals surface area contributed by atoms with Gasteiger partial charge in [0.05, 0.1) is 17.9 Å². The van der Waals surface area contributed by atoms with Crippen LogP contribution in [0.5, 0.6) is 5.75 Å². The number of hydrogen-bond acceptors (Lipinski definition) is 6. The Morgan fingerprint density at radius 3 is 2.61 bits per heavy atom. The Kier molecular flexibility index (Phi) is 10.4. The van der Waals surface area contributed by atoms with E-state index >= 15 is 0 Å². The van der Waals surface area contributed by atoms with Gasteiger partial charge in [0.15, 0.2) is 18.9 Å². The number of halogens is 1. The number of hydrogen-bond donors (Lipinski definition) is 4. The first kappa shape index (κ1) is 25.8. The summed E-state index contributed by atoms with van der Waals surface area (Å²) in [6.45, 7) is 1.33. The Hall–Kier alpha value is -1.47. The van der Waals surface area contributed by atoms with Crippen LogP contribution in [0.1, 0.15) is 51.4 Å². The van der Waals surface area contributed by atoms with Gasteiger partial charge < -0.3 is 25.1 Å². The average Bonchev–Trinajstić information content (AvgIpc) is 3.02. The van der Waals surface area contributed by atoms with Crippen molar-refractivity contribution in [3.8, 4) is 5.75 Å². The largest absolute Gasteiger partial charge is 0.488 e. The molecule has 0 amide bonds. The fraction of sp³-hybridized carbons (Fsp3) is 0.682. The lowest BCUT2D eigenvalue weighted by Gasteiger charge is -2.23. The van der Waals surface area contributed by atoms with Gasteiger partial charge in [-0.3, -0.25) is 4.57 Å². The Morgan fingerprint density at radius 1 is 1.23 bits per heavy atom. The predicted octanol–water partition coefficient (Wildman–Crippen LogP) is 4.02. The highest BCUT2D eigenvalue weighted by Gasteiger charge is 2.39. The summed E-state index contributed by atoms with van der Waals surface area (Å²) in [5, 5.41) is 33.4. The molecule has 7 nitrogen and oxygen atoms in total. The van der Waals surface area contributed by atoms with Crippen LogP contribution in [0, 0.1) is 17.7 Å². The number of ether oxygens (including phenoxy) is 1. The van der Waals surface area contributed by atoms with Gasteiger partial charge in [-0.05, 0) is 43.7 Å². The molecule has 0 spiro atoms. The molecule has 1 aromatic rings. The molecule has 1 fully saturated rings. The number of aliphatic hydroxyl groups excluding tert-OH is 2. The van der Waals surface area contributed by atoms with Crippen molar-refractivity contribution < 1.29 is 34.0 Å². The standard InChI is InChI=1S/C22H35FNO6P/c1-31(28,29)13-7-3-2-4-8-18-17(20(24-27)14-21(18)26)12-11-16(25)15-30-22-10-6-5-9-19(22)23/h5-6,9-10,16-18,21,25-27H,2-4,7-8,11-15H2,1H3,(H,28,29)/b24-20-/t16?,17-,18-,21?/m1/s1. The minimum atomic E-state index is -2.95. The molecule has 31 heavy (non-hydrogen) atoms. The van der Waals surface area contributed by atoms with Gasteiger partial charge in [-0.15, -0.1) is 0 Å². The van der Waals surface area contributed by atoms with Crippen molar-refractivity contribution in [2.75, 3.05) is 19.4 Å². The summed E-state index contributed by atoms with van der Waals surface area (Å²) in [4.78, 5) is 9.33. The molecule has 0 bridgehead atoms. The zero-order valence-electron chi connectivity index (χ0n) is 18.1. The minimum Gasteiger partial charge on any atom is -0.488 e. The molecule has 0 aliphatic heterocycles. The van der Waals surface area contributed by atoms with E-state index in [1.807, 2.05) is 0 Å². The van der Waals surface area contributed by atoms with E-state index in [-0.39, 0.29) is 24.2 Å². The van der Waals surface area contributed by atoms with E-state index < -0.39 is 25.4 Å². The van der Waals surface area contributed by atoms with E-state index in [9.17, 15) is 29.3 Å². The Bertz CT molecular complexity index is 755. The molecular formula is C22H35FNO6P. The topological polar surface area (TPSA) is 120 Å². The van der Waals surface area contributed by atoms with Crippen LogP contribution < -0.4 is 4.74 Å². The van der Waals surface area contributed by atoms with Crippen molar-refractivity contribution in [3.63, 3.8) is 0 Å². The van der Waals surface area contributed by atoms with Gasteiger partial charge in [-0.25, -0.2) is 4.39 Å². The molecule has 3 unspecified atom stereocenters. The first-order chi connectivity index (χ1) is 14.7. The fourth-order valence-electron chi connectivity index (χ4n) is 4.26. The van der Waals surface area contributed by atoms with E-state index in [1.165, 1.54) is 18.8 Å². The molecule has 9 heteroatoms. The van der Waals surface area contributed by atoms with E-state index in [2.05, 4.69) is 5.16 Å². The van der Waals surface area contributed by atoms with Crippen LogP contribution in [-0.4, -0.2) is 57.7 Å².